The monoisotopic (exact) mass is 321 g/mol. The first-order valence-electron chi connectivity index (χ1n) is 7.16. The molecule has 1 aromatic heterocycles. The number of amides is 1. The van der Waals surface area contributed by atoms with Gasteiger partial charge in [-0.05, 0) is 30.3 Å². The fraction of sp³-hybridized carbons (Fsp3) is 0.0588. The van der Waals surface area contributed by atoms with E-state index in [0.29, 0.717) is 23.0 Å². The minimum Gasteiger partial charge on any atom is -0.497 e. The normalized spacial score (nSPS) is 10.2. The Morgan fingerprint density at radius 2 is 1.96 bits per heavy atom. The molecule has 0 aliphatic rings. The van der Waals surface area contributed by atoms with Gasteiger partial charge in [0.05, 0.1) is 7.11 Å². The fourth-order valence-electron chi connectivity index (χ4n) is 2.14. The standard InChI is InChI=1S/C17H15N5O2/c1-24-14-7-3-5-12(9-14)16-19-10-20-17(22-16)21-13-6-2-4-11(8-13)15(18)23/h2-10H,1H3,(H2,18,23)(H,19,20,21,22). The highest BCUT2D eigenvalue weighted by Crippen LogP contribution is 2.22. The summed E-state index contributed by atoms with van der Waals surface area (Å²) in [5.74, 6) is 1.10. The topological polar surface area (TPSA) is 103 Å². The number of benzene rings is 2. The van der Waals surface area contributed by atoms with Crippen LogP contribution in [0.1, 0.15) is 10.4 Å². The molecule has 7 heteroatoms. The average Bonchev–Trinajstić information content (AvgIpc) is 2.62. The van der Waals surface area contributed by atoms with Crippen LogP contribution in [0.2, 0.25) is 0 Å². The number of nitrogens with two attached hydrogens (primary N) is 1. The second-order valence-corrected chi connectivity index (χ2v) is 4.93. The molecule has 3 rings (SSSR count). The van der Waals surface area contributed by atoms with Gasteiger partial charge < -0.3 is 15.8 Å². The molecule has 0 radical (unpaired) electrons. The van der Waals surface area contributed by atoms with Crippen LogP contribution in [-0.4, -0.2) is 28.0 Å². The summed E-state index contributed by atoms with van der Waals surface area (Å²) in [5, 5.41) is 3.04. The Morgan fingerprint density at radius 1 is 1.12 bits per heavy atom. The van der Waals surface area contributed by atoms with Crippen molar-refractivity contribution in [3.8, 4) is 17.1 Å². The van der Waals surface area contributed by atoms with Crippen molar-refractivity contribution in [3.05, 3.63) is 60.4 Å². The molecule has 120 valence electrons. The van der Waals surface area contributed by atoms with E-state index in [0.717, 1.165) is 11.3 Å². The van der Waals surface area contributed by atoms with Crippen LogP contribution in [0.3, 0.4) is 0 Å². The fourth-order valence-corrected chi connectivity index (χ4v) is 2.14. The molecule has 0 atom stereocenters. The number of ether oxygens (including phenoxy) is 1. The van der Waals surface area contributed by atoms with E-state index in [4.69, 9.17) is 10.5 Å². The lowest BCUT2D eigenvalue weighted by Crippen LogP contribution is -2.11. The number of nitrogens with zero attached hydrogens (tertiary/aromatic N) is 3. The summed E-state index contributed by atoms with van der Waals surface area (Å²) in [7, 11) is 1.60. The third-order valence-corrected chi connectivity index (χ3v) is 3.30. The Balaban J connectivity index is 1.88. The van der Waals surface area contributed by atoms with E-state index in [1.54, 1.807) is 31.4 Å². The second-order valence-electron chi connectivity index (χ2n) is 4.93. The number of methoxy groups -OCH3 is 1. The third kappa shape index (κ3) is 3.46. The molecule has 0 saturated heterocycles. The Labute approximate surface area is 138 Å². The molecule has 24 heavy (non-hydrogen) atoms. The average molecular weight is 321 g/mol. The van der Waals surface area contributed by atoms with Crippen molar-refractivity contribution in [2.24, 2.45) is 5.73 Å². The third-order valence-electron chi connectivity index (χ3n) is 3.30. The van der Waals surface area contributed by atoms with E-state index >= 15 is 0 Å². The van der Waals surface area contributed by atoms with Crippen molar-refractivity contribution < 1.29 is 9.53 Å². The molecule has 0 aliphatic carbocycles. The van der Waals surface area contributed by atoms with Crippen molar-refractivity contribution in [2.45, 2.75) is 0 Å². The van der Waals surface area contributed by atoms with Crippen molar-refractivity contribution in [1.82, 2.24) is 15.0 Å². The Morgan fingerprint density at radius 3 is 2.75 bits per heavy atom. The number of aromatic nitrogens is 3. The second kappa shape index (κ2) is 6.74. The van der Waals surface area contributed by atoms with E-state index in [1.165, 1.54) is 6.33 Å². The van der Waals surface area contributed by atoms with Gasteiger partial charge >= 0.3 is 0 Å². The van der Waals surface area contributed by atoms with Gasteiger partial charge in [-0.15, -0.1) is 0 Å². The van der Waals surface area contributed by atoms with Gasteiger partial charge in [0, 0.05) is 16.8 Å². The van der Waals surface area contributed by atoms with E-state index < -0.39 is 5.91 Å². The molecule has 2 aromatic carbocycles. The minimum atomic E-state index is -0.494. The lowest BCUT2D eigenvalue weighted by Gasteiger charge is -2.07. The first-order chi connectivity index (χ1) is 11.7. The van der Waals surface area contributed by atoms with Crippen molar-refractivity contribution in [3.63, 3.8) is 0 Å². The molecule has 1 amide bonds. The predicted molar refractivity (Wildman–Crippen MR) is 90.1 cm³/mol. The first kappa shape index (κ1) is 15.4. The summed E-state index contributed by atoms with van der Waals surface area (Å²) in [6.45, 7) is 0. The summed E-state index contributed by atoms with van der Waals surface area (Å²) in [5.41, 5.74) is 7.16. The van der Waals surface area contributed by atoms with Gasteiger partial charge in [-0.1, -0.05) is 18.2 Å². The number of hydrogen-bond acceptors (Lipinski definition) is 6. The molecule has 3 N–H and O–H groups in total. The van der Waals surface area contributed by atoms with E-state index in [2.05, 4.69) is 20.3 Å². The molecule has 3 aromatic rings. The number of rotatable bonds is 5. The summed E-state index contributed by atoms with van der Waals surface area (Å²) in [6.07, 6.45) is 1.42. The van der Waals surface area contributed by atoms with Crippen LogP contribution in [0.5, 0.6) is 5.75 Å². The zero-order valence-corrected chi connectivity index (χ0v) is 12.9. The highest BCUT2D eigenvalue weighted by molar-refractivity contribution is 5.93. The predicted octanol–water partition coefficient (Wildman–Crippen LogP) is 2.39. The number of carbonyl (C=O) groups is 1. The summed E-state index contributed by atoms with van der Waals surface area (Å²) in [6, 6.07) is 14.2. The molecule has 7 nitrogen and oxygen atoms in total. The number of carbonyl (C=O) groups excluding carboxylic acids is 1. The number of anilines is 2. The smallest absolute Gasteiger partial charge is 0.248 e. The van der Waals surface area contributed by atoms with Gasteiger partial charge in [0.15, 0.2) is 5.82 Å². The minimum absolute atomic E-state index is 0.365. The van der Waals surface area contributed by atoms with Gasteiger partial charge in [-0.2, -0.15) is 4.98 Å². The zero-order chi connectivity index (χ0) is 16.9. The van der Waals surface area contributed by atoms with E-state index in [-0.39, 0.29) is 0 Å². The van der Waals surface area contributed by atoms with Gasteiger partial charge in [-0.25, -0.2) is 9.97 Å². The maximum Gasteiger partial charge on any atom is 0.248 e. The van der Waals surface area contributed by atoms with Crippen LogP contribution in [-0.2, 0) is 0 Å². The summed E-state index contributed by atoms with van der Waals surface area (Å²) < 4.78 is 5.21. The largest absolute Gasteiger partial charge is 0.497 e. The molecule has 0 spiro atoms. The maximum atomic E-state index is 11.2. The lowest BCUT2D eigenvalue weighted by molar-refractivity contribution is 0.100. The van der Waals surface area contributed by atoms with Gasteiger partial charge in [-0.3, -0.25) is 4.79 Å². The molecule has 1 heterocycles. The molecule has 0 fully saturated rings. The molecule has 0 bridgehead atoms. The van der Waals surface area contributed by atoms with Gasteiger partial charge in [0.1, 0.15) is 12.1 Å². The van der Waals surface area contributed by atoms with Crippen LogP contribution in [0.4, 0.5) is 11.6 Å². The van der Waals surface area contributed by atoms with Crippen molar-refractivity contribution in [1.29, 1.82) is 0 Å². The maximum absolute atomic E-state index is 11.2. The molecule has 0 aliphatic heterocycles. The van der Waals surface area contributed by atoms with Crippen molar-refractivity contribution in [2.75, 3.05) is 12.4 Å². The Hall–Kier alpha value is -3.48. The van der Waals surface area contributed by atoms with Gasteiger partial charge in [0.2, 0.25) is 11.9 Å². The molecular formula is C17H15N5O2. The number of nitrogens with one attached hydrogen (secondary N) is 1. The zero-order valence-electron chi connectivity index (χ0n) is 12.9. The number of hydrogen-bond donors (Lipinski definition) is 2. The summed E-state index contributed by atoms with van der Waals surface area (Å²) >= 11 is 0. The van der Waals surface area contributed by atoms with E-state index in [9.17, 15) is 4.79 Å². The molecular weight excluding hydrogens is 306 g/mol. The Kier molecular flexibility index (Phi) is 4.33. The van der Waals surface area contributed by atoms with Crippen LogP contribution in [0.25, 0.3) is 11.4 Å². The molecule has 0 saturated carbocycles. The van der Waals surface area contributed by atoms with Crippen molar-refractivity contribution >= 4 is 17.5 Å². The summed E-state index contributed by atoms with van der Waals surface area (Å²) in [4.78, 5) is 23.9. The lowest BCUT2D eigenvalue weighted by atomic mass is 10.2. The van der Waals surface area contributed by atoms with Crippen LogP contribution in [0.15, 0.2) is 54.9 Å². The number of primary amides is 1. The quantitative estimate of drug-likeness (QED) is 0.748. The first-order valence-corrected chi connectivity index (χ1v) is 7.16. The highest BCUT2D eigenvalue weighted by Gasteiger charge is 2.07. The molecule has 0 unspecified atom stereocenters. The van der Waals surface area contributed by atoms with Crippen LogP contribution < -0.4 is 15.8 Å². The van der Waals surface area contributed by atoms with Crippen LogP contribution in [0, 0.1) is 0 Å². The van der Waals surface area contributed by atoms with E-state index in [1.807, 2.05) is 24.3 Å². The SMILES string of the molecule is COc1cccc(-c2ncnc(Nc3cccc(C(N)=O)c3)n2)c1. The van der Waals surface area contributed by atoms with Crippen LogP contribution >= 0.6 is 0 Å². The highest BCUT2D eigenvalue weighted by atomic mass is 16.5. The Bertz CT molecular complexity index is 882. The van der Waals surface area contributed by atoms with Gasteiger partial charge in [0.25, 0.3) is 0 Å².